The van der Waals surface area contributed by atoms with Gasteiger partial charge in [0.1, 0.15) is 18.0 Å². The van der Waals surface area contributed by atoms with Gasteiger partial charge in [-0.05, 0) is 6.07 Å². The van der Waals surface area contributed by atoms with Crippen molar-refractivity contribution >= 4 is 5.82 Å². The molecular weight excluding hydrogens is 280 g/mol. The molecule has 2 heterocycles. The predicted octanol–water partition coefficient (Wildman–Crippen LogP) is -1.93. The summed E-state index contributed by atoms with van der Waals surface area (Å²) in [5.41, 5.74) is 1.19. The highest BCUT2D eigenvalue weighted by molar-refractivity contribution is 5.24. The molecule has 0 unspecified atom stereocenters. The highest BCUT2D eigenvalue weighted by Gasteiger charge is 2.62. The van der Waals surface area contributed by atoms with Crippen LogP contribution in [-0.2, 0) is 4.74 Å². The molecule has 0 amide bonds. The highest BCUT2D eigenvalue weighted by Crippen LogP contribution is 2.41. The number of aromatic nitrogens is 2. The molecule has 4 atom stereocenters. The number of halogens is 2. The van der Waals surface area contributed by atoms with Crippen LogP contribution in [0.4, 0.5) is 14.6 Å². The van der Waals surface area contributed by atoms with Gasteiger partial charge in [0.15, 0.2) is 11.8 Å². The number of aliphatic hydroxyl groups is 3. The van der Waals surface area contributed by atoms with Crippen LogP contribution in [0.3, 0.4) is 0 Å². The zero-order valence-corrected chi connectivity index (χ0v) is 10.1. The molecule has 1 aliphatic rings. The standard InChI is InChI=1S/C10H13F2N3O5/c11-7(12)10(19)6(17)4(3-16)20-8(10)15-2-1-5(13)14-9(15)18/h1-2,4,6-8,16-17,19H,3H2,(H2,13,14,18)/t4-,6-,8-,10-/m1/s1. The van der Waals surface area contributed by atoms with E-state index in [0.29, 0.717) is 4.57 Å². The summed E-state index contributed by atoms with van der Waals surface area (Å²) in [7, 11) is 0. The topological polar surface area (TPSA) is 131 Å². The maximum absolute atomic E-state index is 13.1. The van der Waals surface area contributed by atoms with Gasteiger partial charge < -0.3 is 25.8 Å². The number of nitrogens with two attached hydrogens (primary N) is 1. The normalized spacial score (nSPS) is 33.8. The maximum Gasteiger partial charge on any atom is 0.351 e. The van der Waals surface area contributed by atoms with Gasteiger partial charge in [0, 0.05) is 6.20 Å². The fourth-order valence-corrected chi connectivity index (χ4v) is 2.07. The summed E-state index contributed by atoms with van der Waals surface area (Å²) in [6.45, 7) is -0.802. The second-order valence-electron chi connectivity index (χ2n) is 4.38. The molecule has 2 rings (SSSR count). The Labute approximate surface area is 111 Å². The maximum atomic E-state index is 13.1. The van der Waals surface area contributed by atoms with Gasteiger partial charge in [-0.2, -0.15) is 4.98 Å². The van der Waals surface area contributed by atoms with Gasteiger partial charge in [0.2, 0.25) is 0 Å². The van der Waals surface area contributed by atoms with E-state index in [9.17, 15) is 23.8 Å². The van der Waals surface area contributed by atoms with E-state index in [1.807, 2.05) is 0 Å². The lowest BCUT2D eigenvalue weighted by Crippen LogP contribution is -2.54. The summed E-state index contributed by atoms with van der Waals surface area (Å²) >= 11 is 0. The van der Waals surface area contributed by atoms with E-state index in [1.165, 1.54) is 0 Å². The Kier molecular flexibility index (Phi) is 3.73. The summed E-state index contributed by atoms with van der Waals surface area (Å²) in [5.74, 6) is -0.135. The second-order valence-corrected chi connectivity index (χ2v) is 4.38. The Bertz CT molecular complexity index is 554. The van der Waals surface area contributed by atoms with Crippen molar-refractivity contribution in [3.8, 4) is 0 Å². The van der Waals surface area contributed by atoms with Crippen LogP contribution in [0.2, 0.25) is 0 Å². The molecule has 8 nitrogen and oxygen atoms in total. The van der Waals surface area contributed by atoms with E-state index >= 15 is 0 Å². The molecule has 112 valence electrons. The SMILES string of the molecule is Nc1ccn([C@@H]2O[C@H](CO)[C@@H](O)[C@@]2(O)C(F)F)c(=O)n1. The minimum atomic E-state index is -3.41. The molecule has 0 saturated carbocycles. The van der Waals surface area contributed by atoms with Gasteiger partial charge in [0.05, 0.1) is 6.61 Å². The smallest absolute Gasteiger partial charge is 0.351 e. The minimum absolute atomic E-state index is 0.135. The monoisotopic (exact) mass is 293 g/mol. The molecule has 0 aliphatic carbocycles. The summed E-state index contributed by atoms with van der Waals surface area (Å²) in [6, 6.07) is 1.15. The van der Waals surface area contributed by atoms with Crippen LogP contribution in [-0.4, -0.2) is 55.7 Å². The van der Waals surface area contributed by atoms with Crippen LogP contribution >= 0.6 is 0 Å². The van der Waals surface area contributed by atoms with Crippen LogP contribution in [0.15, 0.2) is 17.1 Å². The van der Waals surface area contributed by atoms with Gasteiger partial charge in [-0.1, -0.05) is 0 Å². The van der Waals surface area contributed by atoms with Gasteiger partial charge in [-0.3, -0.25) is 4.57 Å². The number of nitrogen functional groups attached to an aromatic ring is 1. The van der Waals surface area contributed by atoms with E-state index in [1.54, 1.807) is 0 Å². The number of alkyl halides is 2. The average molecular weight is 293 g/mol. The minimum Gasteiger partial charge on any atom is -0.394 e. The van der Waals surface area contributed by atoms with E-state index in [4.69, 9.17) is 15.6 Å². The molecule has 1 aliphatic heterocycles. The number of rotatable bonds is 3. The molecule has 10 heteroatoms. The molecule has 20 heavy (non-hydrogen) atoms. The third-order valence-electron chi connectivity index (χ3n) is 3.16. The van der Waals surface area contributed by atoms with Gasteiger partial charge >= 0.3 is 5.69 Å². The summed E-state index contributed by atoms with van der Waals surface area (Å²) in [5, 5.41) is 28.6. The van der Waals surface area contributed by atoms with Crippen molar-refractivity contribution in [2.45, 2.75) is 30.5 Å². The van der Waals surface area contributed by atoms with Gasteiger partial charge in [0.25, 0.3) is 6.43 Å². The first-order valence-corrected chi connectivity index (χ1v) is 5.62. The molecule has 0 aromatic carbocycles. The Balaban J connectivity index is 2.51. The molecule has 0 bridgehead atoms. The Morgan fingerprint density at radius 2 is 2.25 bits per heavy atom. The van der Waals surface area contributed by atoms with Crippen LogP contribution in [0.25, 0.3) is 0 Å². The number of ether oxygens (including phenoxy) is 1. The number of nitrogens with zero attached hydrogens (tertiary/aromatic N) is 2. The molecule has 1 fully saturated rings. The van der Waals surface area contributed by atoms with Crippen LogP contribution < -0.4 is 11.4 Å². The lowest BCUT2D eigenvalue weighted by Gasteiger charge is -2.30. The second kappa shape index (κ2) is 5.05. The largest absolute Gasteiger partial charge is 0.394 e. The van der Waals surface area contributed by atoms with E-state index in [2.05, 4.69) is 4.98 Å². The van der Waals surface area contributed by atoms with Crippen molar-refractivity contribution in [2.75, 3.05) is 12.3 Å². The first-order valence-electron chi connectivity index (χ1n) is 5.62. The lowest BCUT2D eigenvalue weighted by atomic mass is 9.94. The fourth-order valence-electron chi connectivity index (χ4n) is 2.07. The van der Waals surface area contributed by atoms with E-state index in [-0.39, 0.29) is 5.82 Å². The summed E-state index contributed by atoms with van der Waals surface area (Å²) < 4.78 is 31.7. The average Bonchev–Trinajstić information content (AvgIpc) is 2.64. The van der Waals surface area contributed by atoms with Crippen molar-refractivity contribution < 1.29 is 28.8 Å². The van der Waals surface area contributed by atoms with Crippen molar-refractivity contribution in [1.29, 1.82) is 0 Å². The Morgan fingerprint density at radius 1 is 1.60 bits per heavy atom. The molecule has 0 spiro atoms. The molecule has 5 N–H and O–H groups in total. The van der Waals surface area contributed by atoms with Crippen molar-refractivity contribution in [1.82, 2.24) is 9.55 Å². The third-order valence-corrected chi connectivity index (χ3v) is 3.16. The number of hydrogen-bond acceptors (Lipinski definition) is 7. The predicted molar refractivity (Wildman–Crippen MR) is 60.9 cm³/mol. The first kappa shape index (κ1) is 14.8. The van der Waals surface area contributed by atoms with Crippen molar-refractivity contribution in [2.24, 2.45) is 0 Å². The highest BCUT2D eigenvalue weighted by atomic mass is 19.3. The van der Waals surface area contributed by atoms with E-state index in [0.717, 1.165) is 12.3 Å². The quantitative estimate of drug-likeness (QED) is 0.510. The van der Waals surface area contributed by atoms with Crippen LogP contribution in [0.5, 0.6) is 0 Å². The zero-order chi connectivity index (χ0) is 15.1. The number of anilines is 1. The van der Waals surface area contributed by atoms with Crippen molar-refractivity contribution in [3.05, 3.63) is 22.7 Å². The van der Waals surface area contributed by atoms with Crippen LogP contribution in [0, 0.1) is 0 Å². The third kappa shape index (κ3) is 2.06. The molecule has 1 saturated heterocycles. The first-order chi connectivity index (χ1) is 9.32. The Hall–Kier alpha value is -1.62. The van der Waals surface area contributed by atoms with Gasteiger partial charge in [-0.25, -0.2) is 13.6 Å². The van der Waals surface area contributed by atoms with Crippen molar-refractivity contribution in [3.63, 3.8) is 0 Å². The lowest BCUT2D eigenvalue weighted by molar-refractivity contribution is -0.185. The zero-order valence-electron chi connectivity index (χ0n) is 10.1. The summed E-state index contributed by atoms with van der Waals surface area (Å²) in [4.78, 5) is 15.0. The number of aliphatic hydroxyl groups excluding tert-OH is 2. The molecule has 1 aromatic heterocycles. The van der Waals surface area contributed by atoms with Gasteiger partial charge in [-0.15, -0.1) is 0 Å². The Morgan fingerprint density at radius 3 is 2.75 bits per heavy atom. The van der Waals surface area contributed by atoms with Crippen LogP contribution in [0.1, 0.15) is 6.23 Å². The number of hydrogen-bond donors (Lipinski definition) is 4. The summed E-state index contributed by atoms with van der Waals surface area (Å²) in [6.07, 6.45) is -7.82. The molecule has 0 radical (unpaired) electrons. The van der Waals surface area contributed by atoms with E-state index < -0.39 is 42.8 Å². The molecule has 1 aromatic rings. The molecular formula is C10H13F2N3O5. The fraction of sp³-hybridized carbons (Fsp3) is 0.600.